The van der Waals surface area contributed by atoms with Crippen LogP contribution in [0.25, 0.3) is 100 Å². The molecule has 3 saturated heterocycles. The number of pyridine rings is 3. The number of carboxylic acid groups (broad SMARTS) is 2. The van der Waals surface area contributed by atoms with E-state index in [1.165, 1.54) is 7.11 Å². The summed E-state index contributed by atoms with van der Waals surface area (Å²) in [6.07, 6.45) is -0.243. The number of carbonyl (C=O) groups excluding carboxylic acids is 10. The summed E-state index contributed by atoms with van der Waals surface area (Å²) in [7, 11) is 9.30. The van der Waals surface area contributed by atoms with Gasteiger partial charge < -0.3 is 64.7 Å². The molecular formula is C81H73N15O26. The van der Waals surface area contributed by atoms with Gasteiger partial charge >= 0.3 is 23.9 Å². The van der Waals surface area contributed by atoms with E-state index >= 15 is 0 Å². The highest BCUT2D eigenvalue weighted by molar-refractivity contribution is 6.12. The Balaban J connectivity index is 0.000000165. The van der Waals surface area contributed by atoms with Crippen molar-refractivity contribution in [3.63, 3.8) is 0 Å². The molecule has 0 spiro atoms. The number of nitrogens with one attached hydrogen (secondary N) is 2. The van der Waals surface area contributed by atoms with Crippen molar-refractivity contribution in [3.8, 4) is 102 Å². The van der Waals surface area contributed by atoms with Crippen molar-refractivity contribution in [2.24, 2.45) is 5.73 Å². The molecule has 7 N–H and O–H groups in total. The van der Waals surface area contributed by atoms with Gasteiger partial charge in [0.2, 0.25) is 0 Å². The summed E-state index contributed by atoms with van der Waals surface area (Å²) in [5.74, 6) is -4.46. The molecule has 628 valence electrons. The Hall–Kier alpha value is -16.1. The summed E-state index contributed by atoms with van der Waals surface area (Å²) in [4.78, 5) is 164. The minimum atomic E-state index is -1.02. The van der Waals surface area contributed by atoms with Crippen LogP contribution in [0.3, 0.4) is 0 Å². The first-order valence-corrected chi connectivity index (χ1v) is 36.6. The molecule has 0 aliphatic carbocycles. The van der Waals surface area contributed by atoms with E-state index in [4.69, 9.17) is 73.1 Å². The number of benzene rings is 6. The average Bonchev–Trinajstić information content (AvgIpc) is 1.33. The maximum Gasteiger partial charge on any atom is 0.382 e. The van der Waals surface area contributed by atoms with E-state index in [-0.39, 0.29) is 111 Å². The van der Waals surface area contributed by atoms with Gasteiger partial charge in [-0.05, 0) is 157 Å². The summed E-state index contributed by atoms with van der Waals surface area (Å²) in [5, 5.41) is 55.7. The lowest BCUT2D eigenvalue weighted by molar-refractivity contribution is -0.197. The Kier molecular flexibility index (Phi) is 28.6. The van der Waals surface area contributed by atoms with E-state index in [9.17, 15) is 57.5 Å². The van der Waals surface area contributed by atoms with Crippen LogP contribution in [0.1, 0.15) is 89.3 Å². The number of ether oxygens (including phenoxy) is 6. The smallest absolute Gasteiger partial charge is 0.382 e. The molecule has 41 nitrogen and oxygen atoms in total. The topological polar surface area (TPSA) is 555 Å². The molecule has 3 fully saturated rings. The number of rotatable bonds is 25. The van der Waals surface area contributed by atoms with E-state index < -0.39 is 71.1 Å². The molecule has 15 rings (SSSR count). The molecule has 0 unspecified atom stereocenters. The third-order valence-electron chi connectivity index (χ3n) is 18.1. The van der Waals surface area contributed by atoms with E-state index in [2.05, 4.69) is 56.5 Å². The molecule has 12 aromatic rings. The maximum absolute atomic E-state index is 13.5. The molecule has 3 aliphatic rings. The molecule has 41 heteroatoms. The van der Waals surface area contributed by atoms with Crippen LogP contribution < -0.4 is 44.8 Å². The lowest BCUT2D eigenvalue weighted by Gasteiger charge is -2.15. The number of nitrogens with two attached hydrogens (primary N) is 1. The molecule has 122 heavy (non-hydrogen) atoms. The summed E-state index contributed by atoms with van der Waals surface area (Å²) in [6.45, 7) is 0.0325. The van der Waals surface area contributed by atoms with Crippen LogP contribution in [-0.2, 0) is 52.8 Å². The van der Waals surface area contributed by atoms with Gasteiger partial charge in [-0.25, -0.2) is 38.4 Å². The van der Waals surface area contributed by atoms with Crippen molar-refractivity contribution in [3.05, 3.63) is 163 Å². The van der Waals surface area contributed by atoms with Crippen molar-refractivity contribution in [2.75, 3.05) is 62.3 Å². The van der Waals surface area contributed by atoms with Crippen LogP contribution in [-0.4, -0.2) is 210 Å². The van der Waals surface area contributed by atoms with Crippen molar-refractivity contribution in [1.29, 1.82) is 0 Å². The van der Waals surface area contributed by atoms with Crippen LogP contribution in [0.4, 0.5) is 0 Å². The molecule has 8 amide bonds. The van der Waals surface area contributed by atoms with Crippen LogP contribution in [0.2, 0.25) is 0 Å². The van der Waals surface area contributed by atoms with E-state index in [1.54, 1.807) is 181 Å². The quantitative estimate of drug-likeness (QED) is 0.0233. The molecule has 3 aliphatic heterocycles. The highest BCUT2D eigenvalue weighted by Crippen LogP contribution is 2.41. The second kappa shape index (κ2) is 40.2. The predicted octanol–water partition coefficient (Wildman–Crippen LogP) is 8.00. The number of hydroxylamine groups is 6. The zero-order valence-electron chi connectivity index (χ0n) is 65.5. The number of hydrogen-bond acceptors (Lipinski definition) is 34. The van der Waals surface area contributed by atoms with Gasteiger partial charge in [-0.15, -0.1) is 10.1 Å². The minimum Gasteiger partial charge on any atom is -0.497 e. The Morgan fingerprint density at radius 2 is 0.623 bits per heavy atom. The fraction of sp³-hybridized carbons (Fsp3) is 0.222. The van der Waals surface area contributed by atoms with Crippen molar-refractivity contribution < 1.29 is 125 Å². The highest BCUT2D eigenvalue weighted by Gasteiger charge is 2.37. The zero-order valence-corrected chi connectivity index (χ0v) is 65.5. The summed E-state index contributed by atoms with van der Waals surface area (Å²) in [5.41, 5.74) is 12.5. The standard InChI is InChI=1S/C27H23N5O8.C24H18N4O7.C23H20N4O6.C4H5NO3.C3H7NO2/c1-37-17-7-3-15(4-8-17)22-24-26(31-40-30-24)23(16-5-9-18(38-2)10-6-16)29-25(22)27(36)28-14-13-21(35)39-32-19(33)11-12-20(32)34;1-32-15-7-3-13(4-8-15)19-21-23(27-35-26-21)20(14-5-9-16(33-2)10-6-14)25-22(19)24(31)34-28-17(29)11-12-18(28)30;1-31-15-7-3-13(4-8-15)18-20-22(27-33-26-20)19(14-5-9-16(32-2)10-6-14)25-21(18)23(30)24-12-11-17(28)29;6-3-1-2-4(7)5(3)8;4-2-1-3(5)6/h3-10H,11-14H2,1-2H3,(H,28,36);3-10H,11-12H2,1-2H3;3-10H,11-12H2,1-2H3,(H,24,30)(H,28,29);8H,1-2H2;1-2,4H2,(H,5,6). The first kappa shape index (κ1) is 86.8. The Bertz CT molecular complexity index is 5860. The summed E-state index contributed by atoms with van der Waals surface area (Å²) < 4.78 is 46.4. The molecule has 6 aromatic heterocycles. The molecule has 0 radical (unpaired) electrons. The van der Waals surface area contributed by atoms with Crippen LogP contribution in [0.5, 0.6) is 34.5 Å². The Morgan fingerprint density at radius 1 is 0.361 bits per heavy atom. The number of carboxylic acids is 2. The van der Waals surface area contributed by atoms with Gasteiger partial charge in [0, 0.05) is 91.5 Å². The average molecular weight is 1670 g/mol. The lowest BCUT2D eigenvalue weighted by atomic mass is 9.99. The van der Waals surface area contributed by atoms with Gasteiger partial charge in [0.1, 0.15) is 79.5 Å². The first-order chi connectivity index (χ1) is 58.9. The third kappa shape index (κ3) is 20.5. The van der Waals surface area contributed by atoms with Crippen LogP contribution in [0, 0.1) is 0 Å². The maximum atomic E-state index is 13.5. The number of fused-ring (bicyclic) bond motifs is 3. The lowest BCUT2D eigenvalue weighted by Crippen LogP contribution is -2.34. The number of aliphatic carboxylic acids is 2. The normalized spacial score (nSPS) is 12.7. The van der Waals surface area contributed by atoms with Crippen molar-refractivity contribution in [1.82, 2.24) is 71.7 Å². The molecule has 0 bridgehead atoms. The fourth-order valence-electron chi connectivity index (χ4n) is 11.9. The highest BCUT2D eigenvalue weighted by atomic mass is 16.7. The van der Waals surface area contributed by atoms with E-state index in [1.807, 2.05) is 0 Å². The van der Waals surface area contributed by atoms with Gasteiger partial charge in [0.15, 0.2) is 22.2 Å². The van der Waals surface area contributed by atoms with Crippen molar-refractivity contribution in [2.45, 2.75) is 57.8 Å². The minimum absolute atomic E-state index is 0.0115. The fourth-order valence-corrected chi connectivity index (χ4v) is 11.9. The van der Waals surface area contributed by atoms with Gasteiger partial charge in [0.05, 0.1) is 61.9 Å². The van der Waals surface area contributed by atoms with E-state index in [0.29, 0.717) is 134 Å². The van der Waals surface area contributed by atoms with Gasteiger partial charge in [-0.3, -0.25) is 53.2 Å². The van der Waals surface area contributed by atoms with E-state index in [0.717, 1.165) is 0 Å². The zero-order chi connectivity index (χ0) is 87.3. The number of carbonyl (C=O) groups is 12. The Morgan fingerprint density at radius 3 is 0.893 bits per heavy atom. The third-order valence-corrected chi connectivity index (χ3v) is 18.1. The summed E-state index contributed by atoms with van der Waals surface area (Å²) >= 11 is 0. The molecule has 9 heterocycles. The molecule has 6 aromatic carbocycles. The molecule has 0 saturated carbocycles. The first-order valence-electron chi connectivity index (χ1n) is 36.6. The van der Waals surface area contributed by atoms with Gasteiger partial charge in [0.25, 0.3) is 47.3 Å². The SMILES string of the molecule is COc1ccc(-c2nc(C(=O)NCCC(=O)O)c(-c3ccc(OC)cc3)c3nonc23)cc1.COc1ccc(-c2nc(C(=O)NCCC(=O)ON3C(=O)CCC3=O)c(-c3ccc(OC)cc3)c3nonc23)cc1.COc1ccc(-c2nc(C(=O)ON3C(=O)CCC3=O)c(-c3ccc(OC)cc3)c3nonc23)cc1.NCCC(=O)O.O=C1CCC(=O)N1O. The van der Waals surface area contributed by atoms with Crippen molar-refractivity contribution >= 4 is 104 Å². The van der Waals surface area contributed by atoms with Crippen LogP contribution in [0.15, 0.2) is 159 Å². The van der Waals surface area contributed by atoms with Crippen LogP contribution >= 0.6 is 0 Å². The second-order valence-corrected chi connectivity index (χ2v) is 25.8. The Labute approximate surface area is 688 Å². The second-order valence-electron chi connectivity index (χ2n) is 25.8. The predicted molar refractivity (Wildman–Crippen MR) is 420 cm³/mol. The van der Waals surface area contributed by atoms with Gasteiger partial charge in [-0.1, -0.05) is 36.4 Å². The number of aromatic nitrogens is 9. The molecule has 0 atom stereocenters. The number of amides is 8. The number of nitrogens with zero attached hydrogens (tertiary/aromatic N) is 12. The monoisotopic (exact) mass is 1670 g/mol. The number of imide groups is 3. The molecular weight excluding hydrogens is 1600 g/mol. The largest absolute Gasteiger partial charge is 0.497 e. The number of methoxy groups -OCH3 is 6. The summed E-state index contributed by atoms with van der Waals surface area (Å²) in [6, 6.07) is 41.9. The number of hydrogen-bond donors (Lipinski definition) is 6. The van der Waals surface area contributed by atoms with Gasteiger partial charge in [-0.2, -0.15) is 5.06 Å².